The van der Waals surface area contributed by atoms with Crippen LogP contribution in [0.15, 0.2) is 48.7 Å². The molecule has 0 spiro atoms. The van der Waals surface area contributed by atoms with Crippen LogP contribution < -0.4 is 9.47 Å². The van der Waals surface area contributed by atoms with Gasteiger partial charge in [-0.05, 0) is 43.2 Å². The van der Waals surface area contributed by atoms with E-state index >= 15 is 0 Å². The Balaban J connectivity index is 1.64. The van der Waals surface area contributed by atoms with Crippen molar-refractivity contribution in [3.63, 3.8) is 0 Å². The number of allylic oxidation sites excluding steroid dienone is 1. The number of rotatable bonds is 8. The molecule has 0 bridgehead atoms. The topological polar surface area (TPSA) is 102 Å². The summed E-state index contributed by atoms with van der Waals surface area (Å²) in [5.74, 6) is 1.38. The van der Waals surface area contributed by atoms with Crippen LogP contribution in [-0.4, -0.2) is 41.0 Å². The van der Waals surface area contributed by atoms with E-state index in [2.05, 4.69) is 4.98 Å². The van der Waals surface area contributed by atoms with Crippen LogP contribution in [0.1, 0.15) is 50.9 Å². The molecule has 1 fully saturated rings. The standard InChI is InChI=1S/C24H22N2O5/c1-30-21-12-22(31-2)18(19-13-25-23(26-19)15-5-6-15)11-17(21)9-10-20(27)14-3-7-16(8-4-14)24(28)29/h3-4,7-13,15H,5-6H2,1-2H3,(H,25,26)(H,28,29)/b10-9+. The van der Waals surface area contributed by atoms with Gasteiger partial charge in [-0.3, -0.25) is 4.79 Å². The lowest BCUT2D eigenvalue weighted by Crippen LogP contribution is -1.99. The highest BCUT2D eigenvalue weighted by molar-refractivity contribution is 6.07. The minimum Gasteiger partial charge on any atom is -0.496 e. The van der Waals surface area contributed by atoms with Gasteiger partial charge in [-0.15, -0.1) is 0 Å². The Morgan fingerprint density at radius 2 is 1.74 bits per heavy atom. The molecule has 0 radical (unpaired) electrons. The molecular weight excluding hydrogens is 396 g/mol. The number of ether oxygens (including phenoxy) is 2. The van der Waals surface area contributed by atoms with Crippen molar-refractivity contribution in [2.75, 3.05) is 14.2 Å². The SMILES string of the molecule is COc1cc(OC)c(-c2c[nH]c(C3CC3)n2)cc1/C=C/C(=O)c1ccc(C(=O)O)cc1. The summed E-state index contributed by atoms with van der Waals surface area (Å²) in [6.45, 7) is 0. The summed E-state index contributed by atoms with van der Waals surface area (Å²) in [6.07, 6.45) is 7.26. The number of aromatic carboxylic acids is 1. The number of ketones is 1. The number of hydrogen-bond donors (Lipinski definition) is 2. The molecule has 158 valence electrons. The van der Waals surface area contributed by atoms with Gasteiger partial charge in [0.1, 0.15) is 17.3 Å². The van der Waals surface area contributed by atoms with Crippen LogP contribution in [-0.2, 0) is 0 Å². The fourth-order valence-corrected chi connectivity index (χ4v) is 3.33. The zero-order valence-electron chi connectivity index (χ0n) is 17.2. The number of carboxylic acids is 1. The molecule has 0 atom stereocenters. The van der Waals surface area contributed by atoms with Crippen molar-refractivity contribution in [3.8, 4) is 22.8 Å². The number of aromatic nitrogens is 2. The minimum absolute atomic E-state index is 0.131. The van der Waals surface area contributed by atoms with E-state index in [0.717, 1.165) is 29.9 Å². The maximum atomic E-state index is 12.5. The number of hydrogen-bond acceptors (Lipinski definition) is 5. The maximum absolute atomic E-state index is 12.5. The Morgan fingerprint density at radius 3 is 2.35 bits per heavy atom. The molecule has 0 unspecified atom stereocenters. The van der Waals surface area contributed by atoms with Crippen molar-refractivity contribution in [1.29, 1.82) is 0 Å². The largest absolute Gasteiger partial charge is 0.496 e. The third kappa shape index (κ3) is 4.35. The number of carbonyl (C=O) groups excluding carboxylic acids is 1. The van der Waals surface area contributed by atoms with E-state index in [9.17, 15) is 9.59 Å². The summed E-state index contributed by atoms with van der Waals surface area (Å²) >= 11 is 0. The number of H-pyrrole nitrogens is 1. The fraction of sp³-hybridized carbons (Fsp3) is 0.208. The molecule has 31 heavy (non-hydrogen) atoms. The van der Waals surface area contributed by atoms with Gasteiger partial charge in [0, 0.05) is 34.9 Å². The number of aromatic amines is 1. The Morgan fingerprint density at radius 1 is 1.06 bits per heavy atom. The Kier molecular flexibility index (Phi) is 5.58. The van der Waals surface area contributed by atoms with E-state index in [1.54, 1.807) is 26.4 Å². The minimum atomic E-state index is -1.03. The van der Waals surface area contributed by atoms with E-state index in [-0.39, 0.29) is 11.3 Å². The van der Waals surface area contributed by atoms with Gasteiger partial charge < -0.3 is 19.6 Å². The first-order valence-electron chi connectivity index (χ1n) is 9.87. The lowest BCUT2D eigenvalue weighted by atomic mass is 10.0. The van der Waals surface area contributed by atoms with Gasteiger partial charge in [-0.2, -0.15) is 0 Å². The molecule has 7 nitrogen and oxygen atoms in total. The van der Waals surface area contributed by atoms with Gasteiger partial charge in [0.15, 0.2) is 5.78 Å². The number of nitrogens with one attached hydrogen (secondary N) is 1. The lowest BCUT2D eigenvalue weighted by Gasteiger charge is -2.12. The summed E-state index contributed by atoms with van der Waals surface area (Å²) in [6, 6.07) is 9.45. The van der Waals surface area contributed by atoms with E-state index < -0.39 is 5.97 Å². The molecule has 2 aromatic carbocycles. The van der Waals surface area contributed by atoms with Crippen molar-refractivity contribution in [1.82, 2.24) is 9.97 Å². The van der Waals surface area contributed by atoms with Crippen LogP contribution in [0.25, 0.3) is 17.3 Å². The third-order valence-electron chi connectivity index (χ3n) is 5.22. The van der Waals surface area contributed by atoms with Crippen LogP contribution in [0, 0.1) is 0 Å². The monoisotopic (exact) mass is 418 g/mol. The van der Waals surface area contributed by atoms with Crippen LogP contribution in [0.2, 0.25) is 0 Å². The highest BCUT2D eigenvalue weighted by Crippen LogP contribution is 2.41. The predicted molar refractivity (Wildman–Crippen MR) is 116 cm³/mol. The molecule has 0 aliphatic heterocycles. The molecule has 1 aliphatic rings. The molecule has 2 N–H and O–H groups in total. The van der Waals surface area contributed by atoms with Gasteiger partial charge in [-0.25, -0.2) is 9.78 Å². The van der Waals surface area contributed by atoms with Gasteiger partial charge >= 0.3 is 5.97 Å². The summed E-state index contributed by atoms with van der Waals surface area (Å²) in [7, 11) is 3.14. The van der Waals surface area contributed by atoms with Crippen molar-refractivity contribution in [2.24, 2.45) is 0 Å². The Labute approximate surface area is 179 Å². The van der Waals surface area contributed by atoms with Crippen molar-refractivity contribution >= 4 is 17.8 Å². The third-order valence-corrected chi connectivity index (χ3v) is 5.22. The summed E-state index contributed by atoms with van der Waals surface area (Å²) in [5, 5.41) is 8.99. The molecule has 1 aliphatic carbocycles. The van der Waals surface area contributed by atoms with Gasteiger partial charge in [0.2, 0.25) is 0 Å². The molecule has 3 aromatic rings. The first-order valence-corrected chi connectivity index (χ1v) is 9.87. The number of imidazole rings is 1. The molecule has 1 saturated carbocycles. The van der Waals surface area contributed by atoms with Crippen LogP contribution >= 0.6 is 0 Å². The van der Waals surface area contributed by atoms with E-state index in [4.69, 9.17) is 19.6 Å². The maximum Gasteiger partial charge on any atom is 0.335 e. The second kappa shape index (κ2) is 8.47. The number of methoxy groups -OCH3 is 2. The molecular formula is C24H22N2O5. The number of benzene rings is 2. The van der Waals surface area contributed by atoms with Gasteiger partial charge in [-0.1, -0.05) is 12.1 Å². The van der Waals surface area contributed by atoms with Crippen LogP contribution in [0.4, 0.5) is 0 Å². The van der Waals surface area contributed by atoms with Gasteiger partial charge in [0.25, 0.3) is 0 Å². The van der Waals surface area contributed by atoms with Gasteiger partial charge in [0.05, 0.1) is 25.5 Å². The average Bonchev–Trinajstić information content (AvgIpc) is 3.53. The quantitative estimate of drug-likeness (QED) is 0.411. The van der Waals surface area contributed by atoms with Crippen molar-refractivity contribution in [3.05, 3.63) is 71.2 Å². The normalized spacial score (nSPS) is 13.4. The zero-order valence-corrected chi connectivity index (χ0v) is 17.2. The summed E-state index contributed by atoms with van der Waals surface area (Å²) in [4.78, 5) is 31.5. The Hall–Kier alpha value is -3.87. The average molecular weight is 418 g/mol. The van der Waals surface area contributed by atoms with E-state index in [1.807, 2.05) is 12.3 Å². The number of carboxylic acid groups (broad SMARTS) is 1. The zero-order chi connectivity index (χ0) is 22.0. The fourth-order valence-electron chi connectivity index (χ4n) is 3.33. The smallest absolute Gasteiger partial charge is 0.335 e. The number of carbonyl (C=O) groups is 2. The molecule has 1 heterocycles. The first kappa shape index (κ1) is 20.4. The second-order valence-electron chi connectivity index (χ2n) is 7.32. The highest BCUT2D eigenvalue weighted by Gasteiger charge is 2.27. The first-order chi connectivity index (χ1) is 15.0. The van der Waals surface area contributed by atoms with Crippen LogP contribution in [0.3, 0.4) is 0 Å². The predicted octanol–water partition coefficient (Wildman–Crippen LogP) is 4.57. The second-order valence-corrected chi connectivity index (χ2v) is 7.32. The van der Waals surface area contributed by atoms with Crippen LogP contribution in [0.5, 0.6) is 11.5 Å². The van der Waals surface area contributed by atoms with Crippen molar-refractivity contribution in [2.45, 2.75) is 18.8 Å². The van der Waals surface area contributed by atoms with E-state index in [1.165, 1.54) is 30.3 Å². The number of nitrogens with zero attached hydrogens (tertiary/aromatic N) is 1. The molecule has 0 saturated heterocycles. The molecule has 0 amide bonds. The lowest BCUT2D eigenvalue weighted by molar-refractivity contribution is 0.0696. The molecule has 7 heteroatoms. The van der Waals surface area contributed by atoms with Crippen molar-refractivity contribution < 1.29 is 24.2 Å². The summed E-state index contributed by atoms with van der Waals surface area (Å²) < 4.78 is 11.0. The van der Waals surface area contributed by atoms with E-state index in [0.29, 0.717) is 28.5 Å². The highest BCUT2D eigenvalue weighted by atomic mass is 16.5. The molecule has 4 rings (SSSR count). The molecule has 1 aromatic heterocycles. The Bertz CT molecular complexity index is 1160. The summed E-state index contributed by atoms with van der Waals surface area (Å²) in [5.41, 5.74) is 2.79.